The van der Waals surface area contributed by atoms with E-state index in [-0.39, 0.29) is 37.2 Å². The molecule has 1 atom stereocenters. The normalized spacial score (nSPS) is 17.5. The molecule has 1 aromatic heterocycles. The van der Waals surface area contributed by atoms with Crippen LogP contribution in [0.5, 0.6) is 0 Å². The number of thioether (sulfide) groups is 1. The highest BCUT2D eigenvalue weighted by Crippen LogP contribution is 2.35. The third-order valence-corrected chi connectivity index (χ3v) is 6.64. The van der Waals surface area contributed by atoms with Crippen molar-refractivity contribution >= 4 is 52.6 Å². The molecule has 2 aromatic rings. The van der Waals surface area contributed by atoms with Crippen LogP contribution in [0, 0.1) is 5.92 Å². The number of nitrogens with one attached hydrogen (secondary N) is 2. The molecular formula is C21H24ClN5O4S. The maximum atomic E-state index is 13.1. The van der Waals surface area contributed by atoms with E-state index in [1.807, 2.05) is 0 Å². The summed E-state index contributed by atoms with van der Waals surface area (Å²) in [6.45, 7) is 1.10. The van der Waals surface area contributed by atoms with Crippen molar-refractivity contribution in [1.29, 1.82) is 0 Å². The van der Waals surface area contributed by atoms with Crippen LogP contribution in [-0.2, 0) is 37.2 Å². The Labute approximate surface area is 194 Å². The van der Waals surface area contributed by atoms with Gasteiger partial charge in [0.05, 0.1) is 18.2 Å². The standard InChI is InChI=1S/C21H24ClN5O4S/c1-31-7-6-23-18(28)10-27-20(16-11-32-12-17(16)25-27)24-21(30)13-8-19(29)26(9-13)15-4-2-14(22)3-5-15/h2-5,13H,6-12H2,1H3,(H,23,28)(H,24,30). The van der Waals surface area contributed by atoms with Crippen LogP contribution in [0.3, 0.4) is 0 Å². The third kappa shape index (κ3) is 4.92. The molecule has 2 aliphatic heterocycles. The van der Waals surface area contributed by atoms with Crippen molar-refractivity contribution in [3.05, 3.63) is 40.5 Å². The molecule has 1 saturated heterocycles. The molecule has 9 nitrogen and oxygen atoms in total. The Morgan fingerprint density at radius 3 is 2.81 bits per heavy atom. The number of fused-ring (bicyclic) bond motifs is 1. The second kappa shape index (κ2) is 9.93. The van der Waals surface area contributed by atoms with E-state index >= 15 is 0 Å². The number of nitrogens with zero attached hydrogens (tertiary/aromatic N) is 3. The fourth-order valence-electron chi connectivity index (χ4n) is 3.78. The number of anilines is 2. The molecule has 11 heteroatoms. The molecule has 2 aliphatic rings. The lowest BCUT2D eigenvalue weighted by molar-refractivity contribution is -0.122. The summed E-state index contributed by atoms with van der Waals surface area (Å²) < 4.78 is 6.49. The van der Waals surface area contributed by atoms with Crippen LogP contribution in [0.1, 0.15) is 17.7 Å². The quantitative estimate of drug-likeness (QED) is 0.564. The van der Waals surface area contributed by atoms with Crippen LogP contribution < -0.4 is 15.5 Å². The molecule has 3 heterocycles. The monoisotopic (exact) mass is 477 g/mol. The molecule has 0 saturated carbocycles. The highest BCUT2D eigenvalue weighted by molar-refractivity contribution is 7.98. The number of halogens is 1. The smallest absolute Gasteiger partial charge is 0.241 e. The van der Waals surface area contributed by atoms with Crippen LogP contribution in [-0.4, -0.2) is 54.3 Å². The molecule has 170 valence electrons. The summed E-state index contributed by atoms with van der Waals surface area (Å²) in [5.41, 5.74) is 2.52. The summed E-state index contributed by atoms with van der Waals surface area (Å²) in [5, 5.41) is 10.8. The van der Waals surface area contributed by atoms with Crippen molar-refractivity contribution in [1.82, 2.24) is 15.1 Å². The number of hydrogen-bond donors (Lipinski definition) is 2. The topological polar surface area (TPSA) is 106 Å². The Kier molecular flexibility index (Phi) is 7.02. The van der Waals surface area contributed by atoms with Gasteiger partial charge in [-0.15, -0.1) is 0 Å². The predicted molar refractivity (Wildman–Crippen MR) is 123 cm³/mol. The Morgan fingerprint density at radius 1 is 1.28 bits per heavy atom. The zero-order valence-electron chi connectivity index (χ0n) is 17.6. The molecule has 1 unspecified atom stereocenters. The Hall–Kier alpha value is -2.56. The highest BCUT2D eigenvalue weighted by Gasteiger charge is 2.36. The van der Waals surface area contributed by atoms with E-state index in [1.165, 1.54) is 4.68 Å². The van der Waals surface area contributed by atoms with Crippen molar-refractivity contribution in [2.24, 2.45) is 5.92 Å². The number of hydrogen-bond acceptors (Lipinski definition) is 6. The maximum Gasteiger partial charge on any atom is 0.241 e. The first-order chi connectivity index (χ1) is 15.5. The second-order valence-corrected chi connectivity index (χ2v) is 9.06. The summed E-state index contributed by atoms with van der Waals surface area (Å²) >= 11 is 7.64. The fraction of sp³-hybridized carbons (Fsp3) is 0.429. The lowest BCUT2D eigenvalue weighted by atomic mass is 10.1. The van der Waals surface area contributed by atoms with Crippen molar-refractivity contribution in [2.45, 2.75) is 24.5 Å². The average molecular weight is 478 g/mol. The molecule has 0 bridgehead atoms. The first kappa shape index (κ1) is 22.6. The molecule has 0 radical (unpaired) electrons. The molecule has 1 fully saturated rings. The molecule has 32 heavy (non-hydrogen) atoms. The van der Waals surface area contributed by atoms with Gasteiger partial charge in [-0.25, -0.2) is 4.68 Å². The van der Waals surface area contributed by atoms with Crippen LogP contribution in [0.2, 0.25) is 5.02 Å². The van der Waals surface area contributed by atoms with Gasteiger partial charge in [-0.05, 0) is 24.3 Å². The number of benzene rings is 1. The molecule has 1 aromatic carbocycles. The summed E-state index contributed by atoms with van der Waals surface area (Å²) in [6.07, 6.45) is 0.122. The first-order valence-corrected chi connectivity index (χ1v) is 11.8. The van der Waals surface area contributed by atoms with Crippen LogP contribution in [0.15, 0.2) is 24.3 Å². The van der Waals surface area contributed by atoms with Crippen LogP contribution in [0.25, 0.3) is 0 Å². The van der Waals surface area contributed by atoms with Gasteiger partial charge in [-0.1, -0.05) is 11.6 Å². The molecule has 0 aliphatic carbocycles. The minimum Gasteiger partial charge on any atom is -0.383 e. The fourth-order valence-corrected chi connectivity index (χ4v) is 4.94. The predicted octanol–water partition coefficient (Wildman–Crippen LogP) is 2.04. The number of ether oxygens (including phenoxy) is 1. The number of rotatable bonds is 8. The van der Waals surface area contributed by atoms with E-state index in [4.69, 9.17) is 16.3 Å². The summed E-state index contributed by atoms with van der Waals surface area (Å²) in [5.74, 6) is 0.918. The number of carbonyl (C=O) groups excluding carboxylic acids is 3. The van der Waals surface area contributed by atoms with Gasteiger partial charge < -0.3 is 20.3 Å². The summed E-state index contributed by atoms with van der Waals surface area (Å²) in [6, 6.07) is 6.97. The first-order valence-electron chi connectivity index (χ1n) is 10.2. The molecule has 2 N–H and O–H groups in total. The molecule has 3 amide bonds. The minimum absolute atomic E-state index is 0.00249. The Balaban J connectivity index is 1.45. The van der Waals surface area contributed by atoms with Crippen molar-refractivity contribution < 1.29 is 19.1 Å². The zero-order valence-corrected chi connectivity index (χ0v) is 19.2. The number of aromatic nitrogens is 2. The van der Waals surface area contributed by atoms with Gasteiger partial charge in [-0.3, -0.25) is 14.4 Å². The largest absolute Gasteiger partial charge is 0.383 e. The Morgan fingerprint density at radius 2 is 2.06 bits per heavy atom. The van der Waals surface area contributed by atoms with Crippen molar-refractivity contribution in [3.63, 3.8) is 0 Å². The van der Waals surface area contributed by atoms with E-state index in [0.29, 0.717) is 29.7 Å². The minimum atomic E-state index is -0.498. The number of amides is 3. The van der Waals surface area contributed by atoms with E-state index in [9.17, 15) is 14.4 Å². The van der Waals surface area contributed by atoms with Crippen LogP contribution in [0.4, 0.5) is 11.5 Å². The molecule has 0 spiro atoms. The van der Waals surface area contributed by atoms with Gasteiger partial charge in [-0.2, -0.15) is 16.9 Å². The summed E-state index contributed by atoms with van der Waals surface area (Å²) in [4.78, 5) is 39.5. The van der Waals surface area contributed by atoms with Gasteiger partial charge in [0.15, 0.2) is 0 Å². The van der Waals surface area contributed by atoms with Gasteiger partial charge in [0, 0.05) is 54.4 Å². The van der Waals surface area contributed by atoms with Gasteiger partial charge >= 0.3 is 0 Å². The molecular weight excluding hydrogens is 454 g/mol. The summed E-state index contributed by atoms with van der Waals surface area (Å²) in [7, 11) is 1.57. The zero-order chi connectivity index (χ0) is 22.7. The second-order valence-electron chi connectivity index (χ2n) is 7.64. The molecule has 4 rings (SSSR count). The van der Waals surface area contributed by atoms with Gasteiger partial charge in [0.1, 0.15) is 12.4 Å². The SMILES string of the molecule is COCCNC(=O)Cn1nc2c(c1NC(=O)C1CC(=O)N(c3ccc(Cl)cc3)C1)CSC2. The van der Waals surface area contributed by atoms with E-state index in [0.717, 1.165) is 22.8 Å². The van der Waals surface area contributed by atoms with E-state index in [2.05, 4.69) is 15.7 Å². The van der Waals surface area contributed by atoms with Crippen LogP contribution >= 0.6 is 23.4 Å². The number of carbonyl (C=O) groups is 3. The van der Waals surface area contributed by atoms with Crippen molar-refractivity contribution in [3.8, 4) is 0 Å². The van der Waals surface area contributed by atoms with Gasteiger partial charge in [0.2, 0.25) is 17.7 Å². The van der Waals surface area contributed by atoms with E-state index in [1.54, 1.807) is 48.0 Å². The highest BCUT2D eigenvalue weighted by atomic mass is 35.5. The average Bonchev–Trinajstić information content (AvgIpc) is 3.45. The number of methoxy groups -OCH3 is 1. The van der Waals surface area contributed by atoms with Crippen molar-refractivity contribution in [2.75, 3.05) is 37.0 Å². The maximum absolute atomic E-state index is 13.1. The van der Waals surface area contributed by atoms with Gasteiger partial charge in [0.25, 0.3) is 0 Å². The Bertz CT molecular complexity index is 1030. The lowest BCUT2D eigenvalue weighted by Gasteiger charge is -2.17. The van der Waals surface area contributed by atoms with E-state index < -0.39 is 5.92 Å². The third-order valence-electron chi connectivity index (χ3n) is 5.42. The lowest BCUT2D eigenvalue weighted by Crippen LogP contribution is -2.32.